The number of hydrogen-bond acceptors (Lipinski definition) is 5. The lowest BCUT2D eigenvalue weighted by Crippen LogP contribution is -2.13. The second kappa shape index (κ2) is 6.84. The van der Waals surface area contributed by atoms with Crippen LogP contribution in [0.15, 0.2) is 73.1 Å². The van der Waals surface area contributed by atoms with Crippen LogP contribution in [-0.2, 0) is 0 Å². The zero-order valence-electron chi connectivity index (χ0n) is 14.7. The summed E-state index contributed by atoms with van der Waals surface area (Å²) in [7, 11) is 1.60. The number of rotatable bonds is 4. The molecule has 0 saturated carbocycles. The smallest absolute Gasteiger partial charge is 0.280 e. The second-order valence-electron chi connectivity index (χ2n) is 6.10. The number of para-hydroxylation sites is 2. The van der Waals surface area contributed by atoms with Crippen molar-refractivity contribution in [1.29, 1.82) is 0 Å². The van der Waals surface area contributed by atoms with E-state index in [4.69, 9.17) is 10.5 Å². The summed E-state index contributed by atoms with van der Waals surface area (Å²) in [6, 6.07) is 18.5. The number of carbonyl (C=O) groups excluding carboxylic acids is 1. The van der Waals surface area contributed by atoms with E-state index in [0.717, 1.165) is 16.5 Å². The van der Waals surface area contributed by atoms with Gasteiger partial charge in [0, 0.05) is 24.1 Å². The lowest BCUT2D eigenvalue weighted by atomic mass is 10.2. The van der Waals surface area contributed by atoms with Crippen LogP contribution in [0.3, 0.4) is 0 Å². The quantitative estimate of drug-likeness (QED) is 0.575. The highest BCUT2D eigenvalue weighted by Crippen LogP contribution is 2.27. The standard InChI is InChI=1S/C21H18N4O2/c1-27-19-9-5-4-8-17(19)23-20-11-16(22)10-18(24-20)21(26)25-12-14-6-2-3-7-15(14)13-25/h2-13H,1H3,(H3,22,23,24). The van der Waals surface area contributed by atoms with E-state index in [1.165, 1.54) is 4.57 Å². The number of nitrogens with zero attached hydrogens (tertiary/aromatic N) is 2. The lowest BCUT2D eigenvalue weighted by Gasteiger charge is -2.12. The number of carbonyl (C=O) groups is 1. The first-order chi connectivity index (χ1) is 13.1. The number of benzene rings is 2. The third-order valence-electron chi connectivity index (χ3n) is 4.22. The molecular weight excluding hydrogens is 340 g/mol. The Morgan fingerprint density at radius 3 is 2.41 bits per heavy atom. The molecule has 0 aliphatic heterocycles. The Kier molecular flexibility index (Phi) is 4.22. The molecule has 2 aromatic heterocycles. The molecule has 134 valence electrons. The molecular formula is C21H18N4O2. The van der Waals surface area contributed by atoms with Crippen LogP contribution >= 0.6 is 0 Å². The summed E-state index contributed by atoms with van der Waals surface area (Å²) in [4.78, 5) is 17.3. The normalized spacial score (nSPS) is 10.7. The lowest BCUT2D eigenvalue weighted by molar-refractivity contribution is 0.0956. The summed E-state index contributed by atoms with van der Waals surface area (Å²) < 4.78 is 6.86. The van der Waals surface area contributed by atoms with Crippen molar-refractivity contribution in [2.45, 2.75) is 0 Å². The fourth-order valence-electron chi connectivity index (χ4n) is 2.94. The molecule has 0 unspecified atom stereocenters. The number of pyridine rings is 1. The molecule has 2 heterocycles. The van der Waals surface area contributed by atoms with E-state index in [1.807, 2.05) is 48.5 Å². The molecule has 6 nitrogen and oxygen atoms in total. The molecule has 0 amide bonds. The molecule has 0 bridgehead atoms. The van der Waals surface area contributed by atoms with Gasteiger partial charge in [0.05, 0.1) is 12.8 Å². The van der Waals surface area contributed by atoms with Gasteiger partial charge in [0.15, 0.2) is 0 Å². The Morgan fingerprint density at radius 1 is 1.04 bits per heavy atom. The maximum Gasteiger partial charge on any atom is 0.280 e. The molecule has 0 fully saturated rings. The van der Waals surface area contributed by atoms with Crippen molar-refractivity contribution in [3.63, 3.8) is 0 Å². The molecule has 0 radical (unpaired) electrons. The molecule has 3 N–H and O–H groups in total. The van der Waals surface area contributed by atoms with E-state index in [0.29, 0.717) is 17.3 Å². The van der Waals surface area contributed by atoms with E-state index in [1.54, 1.807) is 31.6 Å². The molecule has 0 saturated heterocycles. The van der Waals surface area contributed by atoms with Gasteiger partial charge < -0.3 is 15.8 Å². The van der Waals surface area contributed by atoms with Crippen molar-refractivity contribution in [2.24, 2.45) is 0 Å². The van der Waals surface area contributed by atoms with Gasteiger partial charge >= 0.3 is 0 Å². The summed E-state index contributed by atoms with van der Waals surface area (Å²) in [6.07, 6.45) is 3.58. The van der Waals surface area contributed by atoms with Gasteiger partial charge in [-0.2, -0.15) is 0 Å². The average molecular weight is 358 g/mol. The zero-order chi connectivity index (χ0) is 18.8. The fourth-order valence-corrected chi connectivity index (χ4v) is 2.94. The summed E-state index contributed by atoms with van der Waals surface area (Å²) in [6.45, 7) is 0. The SMILES string of the molecule is COc1ccccc1Nc1cc(N)cc(C(=O)n2cc3ccccc3c2)n1. The average Bonchev–Trinajstić information content (AvgIpc) is 3.11. The maximum atomic E-state index is 12.9. The minimum atomic E-state index is -0.249. The first-order valence-corrected chi connectivity index (χ1v) is 8.43. The molecule has 4 aromatic rings. The van der Waals surface area contributed by atoms with Gasteiger partial charge in [0.25, 0.3) is 5.91 Å². The van der Waals surface area contributed by atoms with E-state index in [9.17, 15) is 4.79 Å². The summed E-state index contributed by atoms with van der Waals surface area (Å²) in [5, 5.41) is 5.14. The van der Waals surface area contributed by atoms with Gasteiger partial charge in [-0.05, 0) is 29.0 Å². The first-order valence-electron chi connectivity index (χ1n) is 8.43. The number of fused-ring (bicyclic) bond motifs is 1. The van der Waals surface area contributed by atoms with Crippen molar-refractivity contribution < 1.29 is 9.53 Å². The minimum absolute atomic E-state index is 0.249. The molecule has 4 rings (SSSR count). The number of hydrogen-bond donors (Lipinski definition) is 2. The summed E-state index contributed by atoms with van der Waals surface area (Å²) in [5.41, 5.74) is 7.44. The van der Waals surface area contributed by atoms with Crippen LogP contribution in [0.4, 0.5) is 17.2 Å². The third-order valence-corrected chi connectivity index (χ3v) is 4.22. The van der Waals surface area contributed by atoms with Gasteiger partial charge in [0.1, 0.15) is 17.3 Å². The van der Waals surface area contributed by atoms with Crippen LogP contribution in [0.5, 0.6) is 5.75 Å². The Morgan fingerprint density at radius 2 is 1.70 bits per heavy atom. The van der Waals surface area contributed by atoms with Crippen LogP contribution in [0, 0.1) is 0 Å². The second-order valence-corrected chi connectivity index (χ2v) is 6.10. The Labute approximate surface area is 156 Å². The highest BCUT2D eigenvalue weighted by atomic mass is 16.5. The number of aromatic nitrogens is 2. The van der Waals surface area contributed by atoms with Gasteiger partial charge in [-0.15, -0.1) is 0 Å². The molecule has 6 heteroatoms. The number of nitrogens with one attached hydrogen (secondary N) is 1. The van der Waals surface area contributed by atoms with Gasteiger partial charge in [-0.3, -0.25) is 9.36 Å². The van der Waals surface area contributed by atoms with Crippen LogP contribution in [0.2, 0.25) is 0 Å². The van der Waals surface area contributed by atoms with Crippen molar-refractivity contribution >= 4 is 33.9 Å². The fraction of sp³-hybridized carbons (Fsp3) is 0.0476. The highest BCUT2D eigenvalue weighted by Gasteiger charge is 2.14. The number of nitrogen functional groups attached to an aromatic ring is 1. The summed E-state index contributed by atoms with van der Waals surface area (Å²) >= 11 is 0. The molecule has 27 heavy (non-hydrogen) atoms. The third kappa shape index (κ3) is 3.32. The predicted octanol–water partition coefficient (Wildman–Crippen LogP) is 4.06. The number of ether oxygens (including phenoxy) is 1. The molecule has 0 atom stereocenters. The molecule has 2 aromatic carbocycles. The van der Waals surface area contributed by atoms with Crippen LogP contribution in [-0.4, -0.2) is 22.6 Å². The molecule has 0 aliphatic carbocycles. The Hall–Kier alpha value is -3.80. The molecule has 0 spiro atoms. The topological polar surface area (TPSA) is 82.2 Å². The van der Waals surface area contributed by atoms with Crippen molar-refractivity contribution in [2.75, 3.05) is 18.2 Å². The number of methoxy groups -OCH3 is 1. The van der Waals surface area contributed by atoms with E-state index >= 15 is 0 Å². The number of nitrogens with two attached hydrogens (primary N) is 1. The van der Waals surface area contributed by atoms with Crippen molar-refractivity contribution in [3.8, 4) is 5.75 Å². The summed E-state index contributed by atoms with van der Waals surface area (Å²) in [5.74, 6) is 0.896. The van der Waals surface area contributed by atoms with Gasteiger partial charge in [-0.1, -0.05) is 36.4 Å². The first kappa shape index (κ1) is 16.7. The van der Waals surface area contributed by atoms with E-state index < -0.39 is 0 Å². The zero-order valence-corrected chi connectivity index (χ0v) is 14.7. The maximum absolute atomic E-state index is 12.9. The predicted molar refractivity (Wildman–Crippen MR) is 107 cm³/mol. The Balaban J connectivity index is 1.68. The molecule has 0 aliphatic rings. The van der Waals surface area contributed by atoms with Crippen molar-refractivity contribution in [3.05, 3.63) is 78.8 Å². The largest absolute Gasteiger partial charge is 0.495 e. The van der Waals surface area contributed by atoms with Crippen LogP contribution in [0.25, 0.3) is 10.8 Å². The Bertz CT molecular complexity index is 1100. The van der Waals surface area contributed by atoms with Gasteiger partial charge in [0.2, 0.25) is 0 Å². The van der Waals surface area contributed by atoms with E-state index in [2.05, 4.69) is 10.3 Å². The van der Waals surface area contributed by atoms with Gasteiger partial charge in [-0.25, -0.2) is 4.98 Å². The minimum Gasteiger partial charge on any atom is -0.495 e. The highest BCUT2D eigenvalue weighted by molar-refractivity contribution is 5.98. The van der Waals surface area contributed by atoms with Crippen LogP contribution in [0.1, 0.15) is 10.5 Å². The van der Waals surface area contributed by atoms with Crippen molar-refractivity contribution in [1.82, 2.24) is 9.55 Å². The van der Waals surface area contributed by atoms with Crippen LogP contribution < -0.4 is 15.8 Å². The number of anilines is 3. The monoisotopic (exact) mass is 358 g/mol. The van der Waals surface area contributed by atoms with E-state index in [-0.39, 0.29) is 11.6 Å².